The van der Waals surface area contributed by atoms with Crippen molar-refractivity contribution < 1.29 is 13.9 Å². The standard InChI is InChI=1S/C69H73N3O3/c1-65(2,3)41-51-39-60-61(74-51)40-59(75-60)44-26-24-42(25-27-44)45-30-31-70-56(35-45)47-32-46(33-49(34-47)67(7,8)9)52-22-19-23-58-62(52)71-64(54-37-50(68(10,11)12)38-55(63(54)73)69(13,14)15)72(58)57-29-28-48(66(4,5)6)36-53(57)43-20-17-16-18-21-43/h16-40,73H,41H2,1-15H3. The molecule has 75 heavy (non-hydrogen) atoms. The van der Waals surface area contributed by atoms with Gasteiger partial charge in [0, 0.05) is 52.6 Å². The van der Waals surface area contributed by atoms with Gasteiger partial charge in [0.1, 0.15) is 23.1 Å². The van der Waals surface area contributed by atoms with Crippen molar-refractivity contribution in [2.45, 2.75) is 132 Å². The first-order valence-corrected chi connectivity index (χ1v) is 26.6. The van der Waals surface area contributed by atoms with Crippen molar-refractivity contribution in [2.24, 2.45) is 5.41 Å². The van der Waals surface area contributed by atoms with Crippen LogP contribution in [0.3, 0.4) is 0 Å². The number of pyridine rings is 1. The molecule has 0 amide bonds. The van der Waals surface area contributed by atoms with Crippen LogP contribution in [0, 0.1) is 5.41 Å². The first kappa shape index (κ1) is 51.1. The number of fused-ring (bicyclic) bond motifs is 2. The lowest BCUT2D eigenvalue weighted by Crippen LogP contribution is -2.17. The molecule has 0 atom stereocenters. The number of phenols is 1. The molecule has 0 saturated heterocycles. The van der Waals surface area contributed by atoms with Gasteiger partial charge >= 0.3 is 0 Å². The third-order valence-electron chi connectivity index (χ3n) is 14.5. The predicted octanol–water partition coefficient (Wildman–Crippen LogP) is 19.2. The fraction of sp³-hybridized carbons (Fsp3) is 0.304. The minimum Gasteiger partial charge on any atom is -0.507 e. The molecular weight excluding hydrogens is 919 g/mol. The summed E-state index contributed by atoms with van der Waals surface area (Å²) in [6, 6.07) is 52.0. The number of aromatic hydroxyl groups is 1. The van der Waals surface area contributed by atoms with Crippen molar-refractivity contribution >= 4 is 22.2 Å². The van der Waals surface area contributed by atoms with E-state index in [1.165, 1.54) is 11.1 Å². The van der Waals surface area contributed by atoms with Crippen LogP contribution >= 0.6 is 0 Å². The van der Waals surface area contributed by atoms with Crippen LogP contribution < -0.4 is 0 Å². The number of imidazole rings is 1. The zero-order valence-electron chi connectivity index (χ0n) is 46.7. The largest absolute Gasteiger partial charge is 0.507 e. The van der Waals surface area contributed by atoms with Gasteiger partial charge in [-0.05, 0) is 115 Å². The number of benzene rings is 6. The summed E-state index contributed by atoms with van der Waals surface area (Å²) in [5.41, 5.74) is 18.1. The molecule has 382 valence electrons. The van der Waals surface area contributed by atoms with Gasteiger partial charge in [0.15, 0.2) is 11.2 Å². The summed E-state index contributed by atoms with van der Waals surface area (Å²) >= 11 is 0. The second-order valence-electron chi connectivity index (χ2n) is 26.1. The third-order valence-corrected chi connectivity index (χ3v) is 14.5. The number of furan rings is 2. The summed E-state index contributed by atoms with van der Waals surface area (Å²) < 4.78 is 14.8. The Morgan fingerprint density at radius 3 is 1.76 bits per heavy atom. The number of para-hydroxylation sites is 1. The Kier molecular flexibility index (Phi) is 12.6. The summed E-state index contributed by atoms with van der Waals surface area (Å²) in [4.78, 5) is 10.7. The highest BCUT2D eigenvalue weighted by molar-refractivity contribution is 5.98. The van der Waals surface area contributed by atoms with E-state index in [-0.39, 0.29) is 32.8 Å². The maximum Gasteiger partial charge on any atom is 0.173 e. The zero-order chi connectivity index (χ0) is 53.6. The molecule has 0 radical (unpaired) electrons. The molecule has 4 aromatic heterocycles. The van der Waals surface area contributed by atoms with Crippen molar-refractivity contribution in [1.29, 1.82) is 0 Å². The first-order chi connectivity index (χ1) is 35.2. The maximum atomic E-state index is 12.6. The number of hydrogen-bond acceptors (Lipinski definition) is 5. The van der Waals surface area contributed by atoms with Gasteiger partial charge < -0.3 is 13.9 Å². The van der Waals surface area contributed by atoms with E-state index in [9.17, 15) is 5.11 Å². The summed E-state index contributed by atoms with van der Waals surface area (Å²) in [5, 5.41) is 12.6. The van der Waals surface area contributed by atoms with E-state index in [0.29, 0.717) is 11.4 Å². The molecular formula is C69H73N3O3. The summed E-state index contributed by atoms with van der Waals surface area (Å²) in [7, 11) is 0. The van der Waals surface area contributed by atoms with Crippen LogP contribution in [0.5, 0.6) is 5.75 Å². The van der Waals surface area contributed by atoms with Crippen molar-refractivity contribution in [3.63, 3.8) is 0 Å². The maximum absolute atomic E-state index is 12.6. The average molecular weight is 992 g/mol. The van der Waals surface area contributed by atoms with Gasteiger partial charge in [-0.15, -0.1) is 0 Å². The fourth-order valence-electron chi connectivity index (χ4n) is 10.2. The molecule has 0 unspecified atom stereocenters. The van der Waals surface area contributed by atoms with Crippen LogP contribution in [-0.4, -0.2) is 19.6 Å². The molecule has 6 aromatic carbocycles. The average Bonchev–Trinajstić information content (AvgIpc) is 4.04. The van der Waals surface area contributed by atoms with Crippen LogP contribution in [0.25, 0.3) is 95.2 Å². The Labute approximate surface area is 444 Å². The number of phenolic OH excluding ortho intramolecular Hbond substituents is 1. The molecule has 0 aliphatic carbocycles. The molecule has 0 fully saturated rings. The van der Waals surface area contributed by atoms with E-state index in [1.807, 2.05) is 18.3 Å². The van der Waals surface area contributed by atoms with Gasteiger partial charge in [-0.2, -0.15) is 0 Å². The normalized spacial score (nSPS) is 12.8. The van der Waals surface area contributed by atoms with Crippen molar-refractivity contribution in [2.75, 3.05) is 0 Å². The summed E-state index contributed by atoms with van der Waals surface area (Å²) in [6.07, 6.45) is 2.76. The van der Waals surface area contributed by atoms with E-state index >= 15 is 0 Å². The molecule has 0 saturated carbocycles. The van der Waals surface area contributed by atoms with E-state index in [4.69, 9.17) is 18.8 Å². The first-order valence-electron chi connectivity index (χ1n) is 26.6. The lowest BCUT2D eigenvalue weighted by molar-refractivity contribution is 0.370. The topological polar surface area (TPSA) is 77.2 Å². The molecule has 10 rings (SSSR count). The Hall–Kier alpha value is -7.44. The Bertz CT molecular complexity index is 3720. The molecule has 0 bridgehead atoms. The zero-order valence-corrected chi connectivity index (χ0v) is 46.7. The van der Waals surface area contributed by atoms with E-state index in [2.05, 4.69) is 242 Å². The molecule has 0 aliphatic rings. The second-order valence-corrected chi connectivity index (χ2v) is 26.1. The predicted molar refractivity (Wildman–Crippen MR) is 313 cm³/mol. The SMILES string of the molecule is CC(C)(C)Cc1cc2oc(-c3ccc(-c4ccnc(-c5cc(-c6cccc7c6nc(-c6cc(C(C)(C)C)cc(C(C)(C)C)c6O)n7-c6ccc(C(C)(C)C)cc6-c6ccccc6)cc(C(C)(C)C)c5)c4)cc3)cc2o1. The van der Waals surface area contributed by atoms with Gasteiger partial charge in [-0.1, -0.05) is 189 Å². The van der Waals surface area contributed by atoms with Crippen LogP contribution in [0.1, 0.15) is 132 Å². The molecule has 10 aromatic rings. The minimum atomic E-state index is -0.338. The van der Waals surface area contributed by atoms with Crippen molar-refractivity contribution in [3.8, 4) is 78.8 Å². The molecule has 6 nitrogen and oxygen atoms in total. The summed E-state index contributed by atoms with van der Waals surface area (Å²) in [6.45, 7) is 33.4. The lowest BCUT2D eigenvalue weighted by atomic mass is 9.79. The minimum absolute atomic E-state index is 0.0867. The van der Waals surface area contributed by atoms with Gasteiger partial charge in [0.05, 0.1) is 28.0 Å². The monoisotopic (exact) mass is 992 g/mol. The third kappa shape index (κ3) is 10.2. The highest BCUT2D eigenvalue weighted by Gasteiger charge is 2.30. The van der Waals surface area contributed by atoms with Gasteiger partial charge in [-0.3, -0.25) is 9.55 Å². The smallest absolute Gasteiger partial charge is 0.173 e. The molecule has 1 N–H and O–H groups in total. The van der Waals surface area contributed by atoms with Crippen molar-refractivity contribution in [1.82, 2.24) is 14.5 Å². The van der Waals surface area contributed by atoms with Gasteiger partial charge in [-0.25, -0.2) is 4.98 Å². The Balaban J connectivity index is 1.14. The highest BCUT2D eigenvalue weighted by Crippen LogP contribution is 2.47. The fourth-order valence-corrected chi connectivity index (χ4v) is 10.2. The van der Waals surface area contributed by atoms with Crippen molar-refractivity contribution in [3.05, 3.63) is 180 Å². The van der Waals surface area contributed by atoms with Crippen LogP contribution in [-0.2, 0) is 28.1 Å². The molecule has 0 aliphatic heterocycles. The molecule has 0 spiro atoms. The molecule has 4 heterocycles. The van der Waals surface area contributed by atoms with Crippen LogP contribution in [0.15, 0.2) is 161 Å². The highest BCUT2D eigenvalue weighted by atomic mass is 16.4. The van der Waals surface area contributed by atoms with Crippen LogP contribution in [0.2, 0.25) is 0 Å². The number of rotatable bonds is 8. The Morgan fingerprint density at radius 1 is 0.467 bits per heavy atom. The van der Waals surface area contributed by atoms with Gasteiger partial charge in [0.25, 0.3) is 0 Å². The molecule has 6 heteroatoms. The lowest BCUT2D eigenvalue weighted by Gasteiger charge is -2.28. The second kappa shape index (κ2) is 18.4. The van der Waals surface area contributed by atoms with E-state index in [0.717, 1.165) is 107 Å². The quantitative estimate of drug-likeness (QED) is 0.164. The van der Waals surface area contributed by atoms with Gasteiger partial charge in [0.2, 0.25) is 0 Å². The number of nitrogens with zero attached hydrogens (tertiary/aromatic N) is 3. The number of hydrogen-bond donors (Lipinski definition) is 1. The number of aromatic nitrogens is 3. The van der Waals surface area contributed by atoms with Crippen LogP contribution in [0.4, 0.5) is 0 Å². The van der Waals surface area contributed by atoms with E-state index < -0.39 is 0 Å². The summed E-state index contributed by atoms with van der Waals surface area (Å²) in [5.74, 6) is 2.66. The Morgan fingerprint density at radius 2 is 1.11 bits per heavy atom. The van der Waals surface area contributed by atoms with E-state index in [1.54, 1.807) is 0 Å².